The first-order valence-corrected chi connectivity index (χ1v) is 6.70. The van der Waals surface area contributed by atoms with Crippen LogP contribution in [0.25, 0.3) is 0 Å². The Bertz CT molecular complexity index is 550. The van der Waals surface area contributed by atoms with Crippen LogP contribution in [-0.2, 0) is 6.54 Å². The third kappa shape index (κ3) is 4.24. The number of unbranched alkanes of at least 4 members (excludes halogenated alkanes) is 1. The molecule has 3 N–H and O–H groups in total. The third-order valence-electron chi connectivity index (χ3n) is 2.76. The summed E-state index contributed by atoms with van der Waals surface area (Å²) in [7, 11) is 0. The zero-order valence-electron chi connectivity index (χ0n) is 10.9. The third-order valence-corrected chi connectivity index (χ3v) is 2.96. The van der Waals surface area contributed by atoms with Crippen molar-refractivity contribution < 1.29 is 4.79 Å². The molecule has 0 aliphatic rings. The highest BCUT2D eigenvalue weighted by molar-refractivity contribution is 6.29. The molecule has 0 spiro atoms. The van der Waals surface area contributed by atoms with Crippen molar-refractivity contribution in [2.24, 2.45) is 0 Å². The van der Waals surface area contributed by atoms with E-state index in [0.717, 1.165) is 19.4 Å². The van der Waals surface area contributed by atoms with Crippen LogP contribution >= 0.6 is 11.6 Å². The van der Waals surface area contributed by atoms with Gasteiger partial charge < -0.3 is 15.6 Å². The topological polar surface area (TPSA) is 85.8 Å². The van der Waals surface area contributed by atoms with Gasteiger partial charge in [-0.1, -0.05) is 11.6 Å². The number of aromatic nitrogens is 3. The number of nitrogens with two attached hydrogens (primary N) is 1. The lowest BCUT2D eigenvalue weighted by Crippen LogP contribution is -2.24. The molecule has 0 fully saturated rings. The number of hydrogen-bond acceptors (Lipinski definition) is 4. The second-order valence-corrected chi connectivity index (χ2v) is 4.75. The van der Waals surface area contributed by atoms with E-state index in [9.17, 15) is 4.79 Å². The minimum atomic E-state index is -0.191. The first kappa shape index (κ1) is 14.3. The van der Waals surface area contributed by atoms with Gasteiger partial charge in [-0.25, -0.2) is 9.97 Å². The Morgan fingerprint density at radius 3 is 2.95 bits per heavy atom. The number of imidazole rings is 1. The predicted molar refractivity (Wildman–Crippen MR) is 77.5 cm³/mol. The van der Waals surface area contributed by atoms with Gasteiger partial charge in [0.05, 0.1) is 6.33 Å². The van der Waals surface area contributed by atoms with Gasteiger partial charge in [0.15, 0.2) is 0 Å². The van der Waals surface area contributed by atoms with Crippen LogP contribution in [0.4, 0.5) is 5.82 Å². The fraction of sp³-hybridized carbons (Fsp3) is 0.308. The van der Waals surface area contributed by atoms with E-state index < -0.39 is 0 Å². The molecule has 0 unspecified atom stereocenters. The first-order valence-electron chi connectivity index (χ1n) is 6.32. The number of anilines is 1. The number of rotatable bonds is 6. The molecule has 0 radical (unpaired) electrons. The maximum atomic E-state index is 11.9. The van der Waals surface area contributed by atoms with E-state index in [1.165, 1.54) is 12.1 Å². The van der Waals surface area contributed by atoms with Crippen molar-refractivity contribution in [2.75, 3.05) is 12.3 Å². The van der Waals surface area contributed by atoms with Gasteiger partial charge in [0.2, 0.25) is 0 Å². The highest BCUT2D eigenvalue weighted by Gasteiger charge is 2.07. The van der Waals surface area contributed by atoms with Crippen LogP contribution in [0.1, 0.15) is 23.2 Å². The lowest BCUT2D eigenvalue weighted by Gasteiger charge is -2.06. The van der Waals surface area contributed by atoms with Crippen molar-refractivity contribution in [1.29, 1.82) is 0 Å². The van der Waals surface area contributed by atoms with Crippen LogP contribution in [0.15, 0.2) is 30.9 Å². The van der Waals surface area contributed by atoms with Gasteiger partial charge in [0.1, 0.15) is 11.0 Å². The van der Waals surface area contributed by atoms with E-state index in [4.69, 9.17) is 17.3 Å². The number of halogens is 1. The van der Waals surface area contributed by atoms with Gasteiger partial charge in [-0.15, -0.1) is 0 Å². The highest BCUT2D eigenvalue weighted by atomic mass is 35.5. The molecule has 0 aromatic carbocycles. The zero-order valence-corrected chi connectivity index (χ0v) is 11.7. The van der Waals surface area contributed by atoms with E-state index in [2.05, 4.69) is 15.3 Å². The Labute approximate surface area is 122 Å². The molecular weight excluding hydrogens is 278 g/mol. The van der Waals surface area contributed by atoms with Crippen molar-refractivity contribution in [3.63, 3.8) is 0 Å². The Morgan fingerprint density at radius 2 is 2.25 bits per heavy atom. The fourth-order valence-electron chi connectivity index (χ4n) is 1.79. The number of carbonyl (C=O) groups is 1. The van der Waals surface area contributed by atoms with Crippen LogP contribution < -0.4 is 11.1 Å². The molecule has 2 aromatic heterocycles. The molecule has 6 nitrogen and oxygen atoms in total. The molecule has 2 rings (SSSR count). The molecule has 1 amide bonds. The quantitative estimate of drug-likeness (QED) is 0.627. The Kier molecular flexibility index (Phi) is 4.95. The Balaban J connectivity index is 1.72. The summed E-state index contributed by atoms with van der Waals surface area (Å²) >= 11 is 5.76. The molecule has 0 bridgehead atoms. The van der Waals surface area contributed by atoms with E-state index in [1.807, 2.05) is 10.8 Å². The summed E-state index contributed by atoms with van der Waals surface area (Å²) in [4.78, 5) is 19.7. The fourth-order valence-corrected chi connectivity index (χ4v) is 2.01. The number of carbonyl (C=O) groups excluding carboxylic acids is 1. The summed E-state index contributed by atoms with van der Waals surface area (Å²) in [5, 5.41) is 3.05. The van der Waals surface area contributed by atoms with Gasteiger partial charge in [-0.2, -0.15) is 0 Å². The number of aryl methyl sites for hydroxylation is 1. The normalized spacial score (nSPS) is 10.4. The number of pyridine rings is 1. The van der Waals surface area contributed by atoms with Gasteiger partial charge in [0, 0.05) is 31.0 Å². The SMILES string of the molecule is Nc1cc(C(=O)NCCCCn2ccnc2)cc(Cl)n1. The largest absolute Gasteiger partial charge is 0.384 e. The molecule has 0 aliphatic carbocycles. The summed E-state index contributed by atoms with van der Waals surface area (Å²) < 4.78 is 2.01. The second-order valence-electron chi connectivity index (χ2n) is 4.37. The number of nitrogens with one attached hydrogen (secondary N) is 1. The molecule has 7 heteroatoms. The lowest BCUT2D eigenvalue weighted by molar-refractivity contribution is 0.0953. The number of hydrogen-bond donors (Lipinski definition) is 2. The Morgan fingerprint density at radius 1 is 1.40 bits per heavy atom. The van der Waals surface area contributed by atoms with E-state index >= 15 is 0 Å². The minimum Gasteiger partial charge on any atom is -0.384 e. The molecule has 2 heterocycles. The summed E-state index contributed by atoms with van der Waals surface area (Å²) in [5.74, 6) is 0.0476. The summed E-state index contributed by atoms with van der Waals surface area (Å²) in [6, 6.07) is 3.01. The average molecular weight is 294 g/mol. The molecule has 2 aromatic rings. The van der Waals surface area contributed by atoms with E-state index in [0.29, 0.717) is 12.1 Å². The number of amides is 1. The maximum absolute atomic E-state index is 11.9. The number of nitrogens with zero attached hydrogens (tertiary/aromatic N) is 3. The van der Waals surface area contributed by atoms with Crippen LogP contribution in [0.5, 0.6) is 0 Å². The molecule has 20 heavy (non-hydrogen) atoms. The average Bonchev–Trinajstić information content (AvgIpc) is 2.90. The van der Waals surface area contributed by atoms with Crippen LogP contribution in [0, 0.1) is 0 Å². The van der Waals surface area contributed by atoms with Crippen molar-refractivity contribution in [2.45, 2.75) is 19.4 Å². The van der Waals surface area contributed by atoms with Gasteiger partial charge in [0.25, 0.3) is 5.91 Å². The van der Waals surface area contributed by atoms with Crippen molar-refractivity contribution in [3.05, 3.63) is 41.6 Å². The smallest absolute Gasteiger partial charge is 0.251 e. The predicted octanol–water partition coefficient (Wildman–Crippen LogP) is 1.72. The lowest BCUT2D eigenvalue weighted by atomic mass is 10.2. The van der Waals surface area contributed by atoms with Crippen LogP contribution in [0.2, 0.25) is 5.15 Å². The summed E-state index contributed by atoms with van der Waals surface area (Å²) in [6.07, 6.45) is 7.30. The van der Waals surface area contributed by atoms with Gasteiger partial charge >= 0.3 is 0 Å². The summed E-state index contributed by atoms with van der Waals surface area (Å²) in [5.41, 5.74) is 5.97. The van der Waals surface area contributed by atoms with Crippen molar-refractivity contribution in [3.8, 4) is 0 Å². The molecule has 106 valence electrons. The minimum absolute atomic E-state index is 0.191. The van der Waals surface area contributed by atoms with Crippen molar-refractivity contribution in [1.82, 2.24) is 19.9 Å². The van der Waals surface area contributed by atoms with Crippen LogP contribution in [0.3, 0.4) is 0 Å². The van der Waals surface area contributed by atoms with Gasteiger partial charge in [-0.3, -0.25) is 4.79 Å². The first-order chi connectivity index (χ1) is 9.65. The van der Waals surface area contributed by atoms with E-state index in [-0.39, 0.29) is 16.9 Å². The zero-order chi connectivity index (χ0) is 14.4. The monoisotopic (exact) mass is 293 g/mol. The number of nitrogen functional groups attached to an aromatic ring is 1. The van der Waals surface area contributed by atoms with Crippen molar-refractivity contribution >= 4 is 23.3 Å². The molecule has 0 saturated heterocycles. The standard InChI is InChI=1S/C13H16ClN5O/c14-11-7-10(8-12(15)18-11)13(20)17-3-1-2-5-19-6-4-16-9-19/h4,6-9H,1-3,5H2,(H2,15,18)(H,17,20). The molecule has 0 aliphatic heterocycles. The van der Waals surface area contributed by atoms with Crippen LogP contribution in [-0.4, -0.2) is 27.0 Å². The second kappa shape index (κ2) is 6.91. The molecule has 0 atom stereocenters. The van der Waals surface area contributed by atoms with E-state index in [1.54, 1.807) is 12.5 Å². The summed E-state index contributed by atoms with van der Waals surface area (Å²) in [6.45, 7) is 1.50. The molecular formula is C13H16ClN5O. The Hall–Kier alpha value is -2.08. The highest BCUT2D eigenvalue weighted by Crippen LogP contribution is 2.11. The maximum Gasteiger partial charge on any atom is 0.251 e. The molecule has 0 saturated carbocycles. The van der Waals surface area contributed by atoms with Gasteiger partial charge in [-0.05, 0) is 25.0 Å².